The second-order valence-corrected chi connectivity index (χ2v) is 10.3. The van der Waals surface area contributed by atoms with Crippen molar-refractivity contribution in [3.63, 3.8) is 0 Å². The van der Waals surface area contributed by atoms with E-state index in [4.69, 9.17) is 0 Å². The highest BCUT2D eigenvalue weighted by atomic mass is 32.2. The molecule has 1 saturated heterocycles. The minimum atomic E-state index is -3.52. The van der Waals surface area contributed by atoms with E-state index in [0.717, 1.165) is 47.1 Å². The number of para-hydroxylation sites is 1. The molecule has 1 aliphatic rings. The number of fused-ring (bicyclic) bond motifs is 1. The van der Waals surface area contributed by atoms with Gasteiger partial charge < -0.3 is 4.98 Å². The monoisotopic (exact) mass is 439 g/mol. The van der Waals surface area contributed by atoms with Crippen molar-refractivity contribution >= 4 is 26.7 Å². The third kappa shape index (κ3) is 4.89. The molecule has 0 saturated carbocycles. The third-order valence-corrected chi connectivity index (χ3v) is 7.48. The Morgan fingerprint density at radius 2 is 1.87 bits per heavy atom. The first-order chi connectivity index (χ1) is 14.8. The molecule has 2 aromatic carbocycles. The number of rotatable bonds is 7. The van der Waals surface area contributed by atoms with Crippen LogP contribution in [-0.2, 0) is 10.0 Å². The van der Waals surface area contributed by atoms with Gasteiger partial charge in [-0.2, -0.15) is 0 Å². The van der Waals surface area contributed by atoms with Gasteiger partial charge in [-0.15, -0.1) is 0 Å². The van der Waals surface area contributed by atoms with Crippen LogP contribution < -0.4 is 4.72 Å². The number of aromatic amines is 1. The molecule has 0 bridgehead atoms. The van der Waals surface area contributed by atoms with Crippen LogP contribution in [0.3, 0.4) is 0 Å². The maximum atomic E-state index is 13.1. The second-order valence-electron chi connectivity index (χ2n) is 8.50. The number of hydrogen-bond acceptors (Lipinski definition) is 4. The summed E-state index contributed by atoms with van der Waals surface area (Å²) in [5, 5.41) is 0.962. The van der Waals surface area contributed by atoms with Crippen molar-refractivity contribution in [2.45, 2.75) is 31.6 Å². The Kier molecular flexibility index (Phi) is 6.27. The number of sulfonamides is 1. The first kappa shape index (κ1) is 21.7. The van der Waals surface area contributed by atoms with Crippen LogP contribution in [-0.4, -0.2) is 50.3 Å². The molecule has 1 aromatic heterocycles. The Labute approximate surface area is 183 Å². The van der Waals surface area contributed by atoms with Gasteiger partial charge in [-0.3, -0.25) is 9.69 Å². The fourth-order valence-corrected chi connectivity index (χ4v) is 5.52. The molecule has 1 unspecified atom stereocenters. The Balaban J connectivity index is 1.38. The van der Waals surface area contributed by atoms with Crippen LogP contribution in [0.2, 0.25) is 0 Å². The SMILES string of the molecule is Cc1ccc(S(=O)(=O)NCC2CCCN(CC(=O)c3c(C)[nH]c4ccccc34)C2)cc1. The molecule has 0 amide bonds. The van der Waals surface area contributed by atoms with Gasteiger partial charge in [0.25, 0.3) is 0 Å². The lowest BCUT2D eigenvalue weighted by atomic mass is 9.97. The molecule has 164 valence electrons. The summed E-state index contributed by atoms with van der Waals surface area (Å²) in [5.74, 6) is 0.293. The van der Waals surface area contributed by atoms with Crippen LogP contribution in [0.15, 0.2) is 53.4 Å². The van der Waals surface area contributed by atoms with E-state index < -0.39 is 10.0 Å². The number of benzene rings is 2. The minimum Gasteiger partial charge on any atom is -0.358 e. The fourth-order valence-electron chi connectivity index (χ4n) is 4.41. The zero-order valence-electron chi connectivity index (χ0n) is 18.0. The highest BCUT2D eigenvalue weighted by molar-refractivity contribution is 7.89. The van der Waals surface area contributed by atoms with E-state index in [2.05, 4.69) is 14.6 Å². The molecular weight excluding hydrogens is 410 g/mol. The zero-order chi connectivity index (χ0) is 22.0. The molecule has 2 N–H and O–H groups in total. The van der Waals surface area contributed by atoms with Gasteiger partial charge in [-0.25, -0.2) is 13.1 Å². The van der Waals surface area contributed by atoms with Gasteiger partial charge in [0.1, 0.15) is 0 Å². The van der Waals surface area contributed by atoms with E-state index in [1.165, 1.54) is 0 Å². The number of carbonyl (C=O) groups excluding carboxylic acids is 1. The fraction of sp³-hybridized carbons (Fsp3) is 0.375. The van der Waals surface area contributed by atoms with Crippen molar-refractivity contribution in [3.05, 3.63) is 65.4 Å². The van der Waals surface area contributed by atoms with Crippen molar-refractivity contribution in [2.24, 2.45) is 5.92 Å². The summed E-state index contributed by atoms with van der Waals surface area (Å²) in [5.41, 5.74) is 3.66. The number of carbonyl (C=O) groups is 1. The number of hydrogen-bond donors (Lipinski definition) is 2. The van der Waals surface area contributed by atoms with Crippen molar-refractivity contribution in [1.29, 1.82) is 0 Å². The topological polar surface area (TPSA) is 82.3 Å². The van der Waals surface area contributed by atoms with E-state index in [-0.39, 0.29) is 16.6 Å². The molecule has 3 aromatic rings. The molecule has 0 radical (unpaired) electrons. The summed E-state index contributed by atoms with van der Waals surface area (Å²) in [6.45, 7) is 6.17. The quantitative estimate of drug-likeness (QED) is 0.551. The Morgan fingerprint density at radius 3 is 2.65 bits per heavy atom. The van der Waals surface area contributed by atoms with Crippen LogP contribution in [0.25, 0.3) is 10.9 Å². The van der Waals surface area contributed by atoms with E-state index in [1.54, 1.807) is 24.3 Å². The third-order valence-electron chi connectivity index (χ3n) is 6.04. The largest absolute Gasteiger partial charge is 0.358 e. The Hall–Kier alpha value is -2.48. The molecule has 1 fully saturated rings. The van der Waals surface area contributed by atoms with Gasteiger partial charge in [0.2, 0.25) is 10.0 Å². The van der Waals surface area contributed by atoms with Gasteiger partial charge in [0.05, 0.1) is 11.4 Å². The lowest BCUT2D eigenvalue weighted by molar-refractivity contribution is 0.0889. The molecule has 0 spiro atoms. The number of H-pyrrole nitrogens is 1. The number of nitrogens with zero attached hydrogens (tertiary/aromatic N) is 1. The van der Waals surface area contributed by atoms with Crippen molar-refractivity contribution < 1.29 is 13.2 Å². The maximum Gasteiger partial charge on any atom is 0.240 e. The standard InChI is InChI=1S/C24H29N3O3S/c1-17-9-11-20(12-10-17)31(29,30)25-14-19-6-5-13-27(15-19)16-23(28)24-18(2)26-22-8-4-3-7-21(22)24/h3-4,7-12,19,25-26H,5-6,13-16H2,1-2H3. The number of piperidine rings is 1. The summed E-state index contributed by atoms with van der Waals surface area (Å²) < 4.78 is 27.9. The van der Waals surface area contributed by atoms with Crippen LogP contribution in [0.4, 0.5) is 0 Å². The van der Waals surface area contributed by atoms with Gasteiger partial charge in [-0.05, 0) is 57.4 Å². The average molecular weight is 440 g/mol. The highest BCUT2D eigenvalue weighted by Gasteiger charge is 2.25. The van der Waals surface area contributed by atoms with Crippen LogP contribution in [0.5, 0.6) is 0 Å². The van der Waals surface area contributed by atoms with Crippen LogP contribution >= 0.6 is 0 Å². The number of Topliss-reactive ketones (excluding diaryl/α,β-unsaturated/α-hetero) is 1. The maximum absolute atomic E-state index is 13.1. The Bertz CT molecular complexity index is 1180. The van der Waals surface area contributed by atoms with Gasteiger partial charge >= 0.3 is 0 Å². The van der Waals surface area contributed by atoms with E-state index >= 15 is 0 Å². The molecule has 1 aliphatic heterocycles. The van der Waals surface area contributed by atoms with Crippen molar-refractivity contribution in [1.82, 2.24) is 14.6 Å². The first-order valence-electron chi connectivity index (χ1n) is 10.7. The number of likely N-dealkylation sites (tertiary alicyclic amines) is 1. The summed E-state index contributed by atoms with van der Waals surface area (Å²) in [4.78, 5) is 18.8. The van der Waals surface area contributed by atoms with Gasteiger partial charge in [0.15, 0.2) is 5.78 Å². The molecule has 6 nitrogen and oxygen atoms in total. The van der Waals surface area contributed by atoms with Crippen LogP contribution in [0, 0.1) is 19.8 Å². The molecule has 1 atom stereocenters. The second kappa shape index (κ2) is 8.94. The van der Waals surface area contributed by atoms with Crippen LogP contribution in [0.1, 0.15) is 34.5 Å². The molecule has 0 aliphatic carbocycles. The lowest BCUT2D eigenvalue weighted by Crippen LogP contribution is -2.42. The predicted molar refractivity (Wildman–Crippen MR) is 123 cm³/mol. The Morgan fingerprint density at radius 1 is 1.13 bits per heavy atom. The highest BCUT2D eigenvalue weighted by Crippen LogP contribution is 2.24. The summed E-state index contributed by atoms with van der Waals surface area (Å²) in [7, 11) is -3.52. The average Bonchev–Trinajstić information content (AvgIpc) is 3.09. The van der Waals surface area contributed by atoms with E-state index in [9.17, 15) is 13.2 Å². The van der Waals surface area contributed by atoms with Gasteiger partial charge in [-0.1, -0.05) is 35.9 Å². The van der Waals surface area contributed by atoms with E-state index in [0.29, 0.717) is 19.6 Å². The summed E-state index contributed by atoms with van der Waals surface area (Å²) >= 11 is 0. The number of aromatic nitrogens is 1. The zero-order valence-corrected chi connectivity index (χ0v) is 18.8. The number of ketones is 1. The summed E-state index contributed by atoms with van der Waals surface area (Å²) in [6, 6.07) is 14.7. The normalized spacial score (nSPS) is 17.8. The predicted octanol–water partition coefficient (Wildman–Crippen LogP) is 3.66. The van der Waals surface area contributed by atoms with E-state index in [1.807, 2.05) is 38.1 Å². The van der Waals surface area contributed by atoms with Gasteiger partial charge in [0, 0.05) is 35.2 Å². The van der Waals surface area contributed by atoms with Crippen molar-refractivity contribution in [3.8, 4) is 0 Å². The molecule has 4 rings (SSSR count). The molecule has 31 heavy (non-hydrogen) atoms. The minimum absolute atomic E-state index is 0.107. The summed E-state index contributed by atoms with van der Waals surface area (Å²) in [6.07, 6.45) is 1.91. The number of aryl methyl sites for hydroxylation is 2. The smallest absolute Gasteiger partial charge is 0.240 e. The lowest BCUT2D eigenvalue weighted by Gasteiger charge is -2.32. The first-order valence-corrected chi connectivity index (χ1v) is 12.2. The van der Waals surface area contributed by atoms with Crippen molar-refractivity contribution in [2.75, 3.05) is 26.2 Å². The number of nitrogens with one attached hydrogen (secondary N) is 2. The molecular formula is C24H29N3O3S. The molecule has 7 heteroatoms. The molecule has 2 heterocycles.